The Morgan fingerprint density at radius 1 is 1.40 bits per heavy atom. The topological polar surface area (TPSA) is 23.5 Å². The molecule has 0 fully saturated rings. The van der Waals surface area contributed by atoms with Gasteiger partial charge < -0.3 is 10.0 Å². The van der Waals surface area contributed by atoms with E-state index in [2.05, 4.69) is 18.7 Å². The van der Waals surface area contributed by atoms with Gasteiger partial charge in [0, 0.05) is 6.54 Å². The second kappa shape index (κ2) is 7.03. The maximum Gasteiger partial charge on any atom is 0.0558 e. The molecular weight excluding hydrogens is 126 g/mol. The Kier molecular flexibility index (Phi) is 6.98. The molecule has 0 aromatic rings. The molecule has 0 aliphatic heterocycles. The lowest BCUT2D eigenvalue weighted by molar-refractivity contribution is 0.206. The van der Waals surface area contributed by atoms with Gasteiger partial charge in [-0.1, -0.05) is 13.3 Å². The summed E-state index contributed by atoms with van der Waals surface area (Å²) in [4.78, 5) is 2.16. The first-order chi connectivity index (χ1) is 4.85. The van der Waals surface area contributed by atoms with Crippen LogP contribution in [-0.4, -0.2) is 36.2 Å². The summed E-state index contributed by atoms with van der Waals surface area (Å²) in [5.41, 5.74) is 0. The van der Waals surface area contributed by atoms with Gasteiger partial charge in [0.1, 0.15) is 0 Å². The van der Waals surface area contributed by atoms with Gasteiger partial charge in [-0.15, -0.1) is 0 Å². The normalized spacial score (nSPS) is 10.8. The van der Waals surface area contributed by atoms with E-state index in [-0.39, 0.29) is 6.61 Å². The Morgan fingerprint density at radius 3 is 2.50 bits per heavy atom. The third kappa shape index (κ3) is 4.77. The van der Waals surface area contributed by atoms with Crippen molar-refractivity contribution in [2.24, 2.45) is 0 Å². The van der Waals surface area contributed by atoms with Crippen molar-refractivity contribution in [3.63, 3.8) is 0 Å². The van der Waals surface area contributed by atoms with Crippen molar-refractivity contribution in [2.45, 2.75) is 19.8 Å². The first kappa shape index (κ1) is 9.92. The molecular formula is C8H18NO. The number of hydrogen-bond acceptors (Lipinski definition) is 2. The molecule has 0 aromatic carbocycles. The van der Waals surface area contributed by atoms with Crippen molar-refractivity contribution < 1.29 is 5.11 Å². The van der Waals surface area contributed by atoms with E-state index < -0.39 is 0 Å². The lowest BCUT2D eigenvalue weighted by atomic mass is 10.3. The van der Waals surface area contributed by atoms with Gasteiger partial charge in [-0.25, -0.2) is 0 Å². The predicted molar refractivity (Wildman–Crippen MR) is 43.8 cm³/mol. The summed E-state index contributed by atoms with van der Waals surface area (Å²) in [6.07, 6.45) is 2.41. The van der Waals surface area contributed by atoms with E-state index in [1.165, 1.54) is 12.8 Å². The van der Waals surface area contributed by atoms with Gasteiger partial charge in [-0.2, -0.15) is 0 Å². The summed E-state index contributed by atoms with van der Waals surface area (Å²) >= 11 is 0. The van der Waals surface area contributed by atoms with Gasteiger partial charge >= 0.3 is 0 Å². The van der Waals surface area contributed by atoms with Crippen molar-refractivity contribution in [2.75, 3.05) is 26.2 Å². The molecule has 1 N–H and O–H groups in total. The molecule has 0 bridgehead atoms. The number of rotatable bonds is 6. The highest BCUT2D eigenvalue weighted by Gasteiger charge is 1.97. The molecule has 2 nitrogen and oxygen atoms in total. The largest absolute Gasteiger partial charge is 0.395 e. The van der Waals surface area contributed by atoms with E-state index >= 15 is 0 Å². The molecule has 10 heavy (non-hydrogen) atoms. The average molecular weight is 144 g/mol. The van der Waals surface area contributed by atoms with Crippen molar-refractivity contribution in [3.05, 3.63) is 6.92 Å². The first-order valence-electron chi connectivity index (χ1n) is 3.97. The Balaban J connectivity index is 3.21. The van der Waals surface area contributed by atoms with Gasteiger partial charge in [0.15, 0.2) is 0 Å². The predicted octanol–water partition coefficient (Wildman–Crippen LogP) is 0.915. The summed E-state index contributed by atoms with van der Waals surface area (Å²) < 4.78 is 0. The van der Waals surface area contributed by atoms with E-state index in [0.29, 0.717) is 0 Å². The zero-order chi connectivity index (χ0) is 7.82. The molecule has 0 aliphatic rings. The monoisotopic (exact) mass is 144 g/mol. The van der Waals surface area contributed by atoms with Crippen LogP contribution < -0.4 is 0 Å². The third-order valence-electron chi connectivity index (χ3n) is 1.56. The van der Waals surface area contributed by atoms with Gasteiger partial charge in [-0.3, -0.25) is 0 Å². The van der Waals surface area contributed by atoms with Crippen LogP contribution in [0.25, 0.3) is 0 Å². The molecule has 61 valence electrons. The Bertz CT molecular complexity index is 66.3. The SMILES string of the molecule is [CH2]CN(CCO)CCCC. The van der Waals surface area contributed by atoms with Gasteiger partial charge in [0.25, 0.3) is 0 Å². The van der Waals surface area contributed by atoms with Crippen LogP contribution in [0.1, 0.15) is 19.8 Å². The number of aliphatic hydroxyl groups is 1. The Morgan fingerprint density at radius 2 is 2.10 bits per heavy atom. The summed E-state index contributed by atoms with van der Waals surface area (Å²) in [5, 5.41) is 8.60. The van der Waals surface area contributed by atoms with Crippen LogP contribution in [0.4, 0.5) is 0 Å². The smallest absolute Gasteiger partial charge is 0.0558 e. The number of aliphatic hydroxyl groups excluding tert-OH is 1. The Labute approximate surface area is 63.8 Å². The van der Waals surface area contributed by atoms with Crippen LogP contribution in [0.2, 0.25) is 0 Å². The van der Waals surface area contributed by atoms with Gasteiger partial charge in [0.2, 0.25) is 0 Å². The van der Waals surface area contributed by atoms with Crippen molar-refractivity contribution >= 4 is 0 Å². The standard InChI is InChI=1S/C8H18NO/c1-3-5-6-9(4-2)7-8-10/h10H,2-8H2,1H3. The van der Waals surface area contributed by atoms with Gasteiger partial charge in [0.05, 0.1) is 6.61 Å². The summed E-state index contributed by atoms with van der Waals surface area (Å²) in [7, 11) is 0. The van der Waals surface area contributed by atoms with Crippen molar-refractivity contribution in [1.29, 1.82) is 0 Å². The van der Waals surface area contributed by atoms with Crippen LogP contribution in [-0.2, 0) is 0 Å². The molecule has 2 heteroatoms. The lowest BCUT2D eigenvalue weighted by Gasteiger charge is -2.17. The minimum Gasteiger partial charge on any atom is -0.395 e. The molecule has 0 heterocycles. The molecule has 0 saturated heterocycles. The molecule has 0 aliphatic carbocycles. The van der Waals surface area contributed by atoms with Crippen molar-refractivity contribution in [1.82, 2.24) is 4.90 Å². The van der Waals surface area contributed by atoms with E-state index in [1.807, 2.05) is 0 Å². The molecule has 0 amide bonds. The molecule has 0 saturated carbocycles. The minimum atomic E-state index is 0.249. The summed E-state index contributed by atoms with van der Waals surface area (Å²) in [5.74, 6) is 0. The fourth-order valence-electron chi connectivity index (χ4n) is 0.859. The highest BCUT2D eigenvalue weighted by atomic mass is 16.3. The van der Waals surface area contributed by atoms with Crippen LogP contribution in [0.15, 0.2) is 0 Å². The zero-order valence-electron chi connectivity index (χ0n) is 6.84. The fourth-order valence-corrected chi connectivity index (χ4v) is 0.859. The quantitative estimate of drug-likeness (QED) is 0.599. The van der Waals surface area contributed by atoms with E-state index in [4.69, 9.17) is 5.11 Å². The molecule has 0 spiro atoms. The average Bonchev–Trinajstić information content (AvgIpc) is 1.98. The molecule has 1 radical (unpaired) electrons. The van der Waals surface area contributed by atoms with Crippen molar-refractivity contribution in [3.8, 4) is 0 Å². The second-order valence-corrected chi connectivity index (χ2v) is 2.42. The number of nitrogens with zero attached hydrogens (tertiary/aromatic N) is 1. The van der Waals surface area contributed by atoms with Crippen LogP contribution in [0.3, 0.4) is 0 Å². The summed E-state index contributed by atoms with van der Waals surface area (Å²) in [6.45, 7) is 8.83. The van der Waals surface area contributed by atoms with E-state index in [9.17, 15) is 0 Å². The maximum atomic E-state index is 8.60. The molecule has 0 rings (SSSR count). The van der Waals surface area contributed by atoms with E-state index in [0.717, 1.165) is 19.6 Å². The van der Waals surface area contributed by atoms with E-state index in [1.54, 1.807) is 0 Å². The Hall–Kier alpha value is -0.0800. The third-order valence-corrected chi connectivity index (χ3v) is 1.56. The maximum absolute atomic E-state index is 8.60. The number of hydrogen-bond donors (Lipinski definition) is 1. The number of unbranched alkanes of at least 4 members (excludes halogenated alkanes) is 1. The highest BCUT2D eigenvalue weighted by Crippen LogP contribution is 1.92. The van der Waals surface area contributed by atoms with Gasteiger partial charge in [-0.05, 0) is 26.4 Å². The van der Waals surface area contributed by atoms with Crippen LogP contribution in [0.5, 0.6) is 0 Å². The molecule has 0 atom stereocenters. The first-order valence-corrected chi connectivity index (χ1v) is 3.97. The second-order valence-electron chi connectivity index (χ2n) is 2.42. The van der Waals surface area contributed by atoms with Crippen LogP contribution in [0, 0.1) is 6.92 Å². The zero-order valence-corrected chi connectivity index (χ0v) is 6.84. The lowest BCUT2D eigenvalue weighted by Crippen LogP contribution is -2.27. The fraction of sp³-hybridized carbons (Fsp3) is 0.875. The molecule has 0 unspecified atom stereocenters. The minimum absolute atomic E-state index is 0.249. The summed E-state index contributed by atoms with van der Waals surface area (Å²) in [6, 6.07) is 0. The highest BCUT2D eigenvalue weighted by molar-refractivity contribution is 4.57. The molecule has 0 aromatic heterocycles. The van der Waals surface area contributed by atoms with Crippen LogP contribution >= 0.6 is 0 Å².